The number of hydrogen-bond acceptors (Lipinski definition) is 4. The van der Waals surface area contributed by atoms with Crippen LogP contribution in [0.4, 0.5) is 18.0 Å². The van der Waals surface area contributed by atoms with Crippen LogP contribution in [-0.2, 0) is 30.9 Å². The van der Waals surface area contributed by atoms with E-state index in [1.54, 1.807) is 32.9 Å². The molecule has 0 saturated heterocycles. The molecule has 2 rings (SSSR count). The number of halogens is 4. The molecule has 1 N–H and O–H groups in total. The van der Waals surface area contributed by atoms with E-state index in [-0.39, 0.29) is 18.7 Å². The first-order valence-electron chi connectivity index (χ1n) is 9.07. The Balaban J connectivity index is 2.20. The molecule has 0 aliphatic carbocycles. The number of ketones is 1. The van der Waals surface area contributed by atoms with E-state index in [1.807, 2.05) is 0 Å². The summed E-state index contributed by atoms with van der Waals surface area (Å²) in [6, 6.07) is 4.64. The van der Waals surface area contributed by atoms with Crippen LogP contribution in [0.5, 0.6) is 0 Å². The largest absolute Gasteiger partial charge is 0.444 e. The quantitative estimate of drug-likeness (QED) is 0.667. The zero-order valence-corrected chi connectivity index (χ0v) is 18.0. The number of hydrogen-bond donors (Lipinski definition) is 1. The van der Waals surface area contributed by atoms with E-state index in [1.165, 1.54) is 20.0 Å². The number of nitrogens with one attached hydrogen (secondary N) is 1. The molecule has 10 heteroatoms. The Morgan fingerprint density at radius 3 is 2.43 bits per heavy atom. The highest BCUT2D eigenvalue weighted by atomic mass is 35.5. The lowest BCUT2D eigenvalue weighted by Gasteiger charge is -2.20. The maximum absolute atomic E-state index is 13.4. The third-order valence-corrected chi connectivity index (χ3v) is 4.44. The van der Waals surface area contributed by atoms with E-state index in [2.05, 4.69) is 10.4 Å². The van der Waals surface area contributed by atoms with Crippen molar-refractivity contribution in [2.45, 2.75) is 52.4 Å². The zero-order chi connectivity index (χ0) is 22.9. The highest BCUT2D eigenvalue weighted by molar-refractivity contribution is 6.31. The second kappa shape index (κ2) is 8.67. The van der Waals surface area contributed by atoms with Gasteiger partial charge in [0.05, 0.1) is 5.69 Å². The van der Waals surface area contributed by atoms with Gasteiger partial charge in [0.25, 0.3) is 0 Å². The Bertz CT molecular complexity index is 963. The van der Waals surface area contributed by atoms with Gasteiger partial charge in [-0.25, -0.2) is 4.79 Å². The molecule has 0 unspecified atom stereocenters. The normalized spacial score (nSPS) is 12.0. The average molecular weight is 446 g/mol. The standard InChI is InChI=1S/C20H23ClF3N3O3/c1-11-16(20(22,23)24)17(27(5)26-11)15(28)9-12-6-7-14(21)13(8-12)10-25-18(29)30-19(2,3)4/h6-8H,9-10H2,1-5H3,(H,25,29). The summed E-state index contributed by atoms with van der Waals surface area (Å²) in [5.74, 6) is -0.723. The van der Waals surface area contributed by atoms with Gasteiger partial charge in [-0.3, -0.25) is 9.48 Å². The molecule has 1 heterocycles. The van der Waals surface area contributed by atoms with Gasteiger partial charge in [0, 0.05) is 25.0 Å². The SMILES string of the molecule is Cc1nn(C)c(C(=O)Cc2ccc(Cl)c(CNC(=O)OC(C)(C)C)c2)c1C(F)(F)F. The Kier molecular flexibility index (Phi) is 6.86. The third kappa shape index (κ3) is 5.98. The lowest BCUT2D eigenvalue weighted by molar-refractivity contribution is -0.138. The number of benzene rings is 1. The fraction of sp³-hybridized carbons (Fsp3) is 0.450. The smallest absolute Gasteiger partial charge is 0.420 e. The fourth-order valence-corrected chi connectivity index (χ4v) is 3.13. The molecule has 2 aromatic rings. The number of amides is 1. The van der Waals surface area contributed by atoms with Gasteiger partial charge in [-0.2, -0.15) is 18.3 Å². The molecule has 164 valence electrons. The highest BCUT2D eigenvalue weighted by Crippen LogP contribution is 2.34. The van der Waals surface area contributed by atoms with Crippen molar-refractivity contribution in [3.8, 4) is 0 Å². The summed E-state index contributed by atoms with van der Waals surface area (Å²) in [6.07, 6.45) is -5.61. The van der Waals surface area contributed by atoms with Crippen molar-refractivity contribution >= 4 is 23.5 Å². The van der Waals surface area contributed by atoms with E-state index >= 15 is 0 Å². The number of carbonyl (C=O) groups is 2. The average Bonchev–Trinajstić information content (AvgIpc) is 2.88. The first-order chi connectivity index (χ1) is 13.7. The van der Waals surface area contributed by atoms with Crippen LogP contribution in [0.1, 0.15) is 53.6 Å². The summed E-state index contributed by atoms with van der Waals surface area (Å²) in [6.45, 7) is 6.42. The molecule has 0 radical (unpaired) electrons. The van der Waals surface area contributed by atoms with Crippen molar-refractivity contribution in [3.05, 3.63) is 51.3 Å². The van der Waals surface area contributed by atoms with Crippen molar-refractivity contribution < 1.29 is 27.5 Å². The van der Waals surface area contributed by atoms with Gasteiger partial charge in [0.15, 0.2) is 5.78 Å². The number of rotatable bonds is 5. The number of ether oxygens (including phenoxy) is 1. The van der Waals surface area contributed by atoms with Crippen LogP contribution in [0.3, 0.4) is 0 Å². The molecule has 1 amide bonds. The monoisotopic (exact) mass is 445 g/mol. The Morgan fingerprint density at radius 2 is 1.87 bits per heavy atom. The van der Waals surface area contributed by atoms with Crippen molar-refractivity contribution in [1.29, 1.82) is 0 Å². The summed E-state index contributed by atoms with van der Waals surface area (Å²) in [5, 5.41) is 6.64. The second-order valence-electron chi connectivity index (χ2n) is 7.81. The molecule has 0 fully saturated rings. The maximum Gasteiger partial charge on any atom is 0.420 e. The minimum absolute atomic E-state index is 0.0361. The summed E-state index contributed by atoms with van der Waals surface area (Å²) >= 11 is 6.14. The van der Waals surface area contributed by atoms with Gasteiger partial charge < -0.3 is 10.1 Å². The summed E-state index contributed by atoms with van der Waals surface area (Å²) in [4.78, 5) is 24.5. The minimum Gasteiger partial charge on any atom is -0.444 e. The number of nitrogens with zero attached hydrogens (tertiary/aromatic N) is 2. The number of carbonyl (C=O) groups excluding carboxylic acids is 2. The topological polar surface area (TPSA) is 73.2 Å². The van der Waals surface area contributed by atoms with Crippen LogP contribution in [0.25, 0.3) is 0 Å². The van der Waals surface area contributed by atoms with Crippen LogP contribution >= 0.6 is 11.6 Å². The van der Waals surface area contributed by atoms with Crippen LogP contribution < -0.4 is 5.32 Å². The molecule has 1 aromatic carbocycles. The van der Waals surface area contributed by atoms with Gasteiger partial charge in [-0.15, -0.1) is 0 Å². The van der Waals surface area contributed by atoms with E-state index in [9.17, 15) is 22.8 Å². The number of alkyl carbamates (subject to hydrolysis) is 1. The molecule has 0 aliphatic rings. The van der Waals surface area contributed by atoms with E-state index in [0.717, 1.165) is 4.68 Å². The van der Waals surface area contributed by atoms with Gasteiger partial charge in [0.1, 0.15) is 16.9 Å². The molecular formula is C20H23ClF3N3O3. The van der Waals surface area contributed by atoms with Crippen molar-refractivity contribution in [1.82, 2.24) is 15.1 Å². The first-order valence-corrected chi connectivity index (χ1v) is 9.45. The maximum atomic E-state index is 13.4. The predicted octanol–water partition coefficient (Wildman–Crippen LogP) is 4.85. The van der Waals surface area contributed by atoms with Gasteiger partial charge in [0.2, 0.25) is 0 Å². The number of Topliss-reactive ketones (excluding diaryl/α,β-unsaturated/α-hetero) is 1. The van der Waals surface area contributed by atoms with Crippen LogP contribution in [0.15, 0.2) is 18.2 Å². The van der Waals surface area contributed by atoms with E-state index in [4.69, 9.17) is 16.3 Å². The Labute approximate surface area is 177 Å². The Hall–Kier alpha value is -2.55. The van der Waals surface area contributed by atoms with Crippen LogP contribution in [-0.4, -0.2) is 27.3 Å². The summed E-state index contributed by atoms with van der Waals surface area (Å²) in [5.41, 5.74) is -1.49. The van der Waals surface area contributed by atoms with Crippen molar-refractivity contribution in [2.75, 3.05) is 0 Å². The summed E-state index contributed by atoms with van der Waals surface area (Å²) in [7, 11) is 1.30. The molecule has 0 aliphatic heterocycles. The third-order valence-electron chi connectivity index (χ3n) is 4.07. The van der Waals surface area contributed by atoms with Crippen LogP contribution in [0.2, 0.25) is 5.02 Å². The van der Waals surface area contributed by atoms with Crippen molar-refractivity contribution in [2.24, 2.45) is 7.05 Å². The van der Waals surface area contributed by atoms with Gasteiger partial charge in [-0.05, 0) is 44.9 Å². The van der Waals surface area contributed by atoms with E-state index in [0.29, 0.717) is 16.1 Å². The van der Waals surface area contributed by atoms with Crippen molar-refractivity contribution in [3.63, 3.8) is 0 Å². The molecule has 1 aromatic heterocycles. The predicted molar refractivity (Wildman–Crippen MR) is 106 cm³/mol. The number of aryl methyl sites for hydroxylation is 2. The summed E-state index contributed by atoms with van der Waals surface area (Å²) < 4.78 is 46.2. The molecule has 0 atom stereocenters. The molecular weight excluding hydrogens is 423 g/mol. The Morgan fingerprint density at radius 1 is 1.23 bits per heavy atom. The molecule has 30 heavy (non-hydrogen) atoms. The lowest BCUT2D eigenvalue weighted by atomic mass is 10.0. The highest BCUT2D eigenvalue weighted by Gasteiger charge is 2.40. The van der Waals surface area contributed by atoms with Gasteiger partial charge >= 0.3 is 12.3 Å². The second-order valence-corrected chi connectivity index (χ2v) is 8.22. The molecule has 6 nitrogen and oxygen atoms in total. The first kappa shape index (κ1) is 23.7. The number of alkyl halides is 3. The fourth-order valence-electron chi connectivity index (χ4n) is 2.94. The molecule has 0 spiro atoms. The van der Waals surface area contributed by atoms with Crippen LogP contribution in [0, 0.1) is 6.92 Å². The zero-order valence-electron chi connectivity index (χ0n) is 17.3. The number of aromatic nitrogens is 2. The van der Waals surface area contributed by atoms with E-state index < -0.39 is 34.9 Å². The minimum atomic E-state index is -4.69. The molecule has 0 bridgehead atoms. The lowest BCUT2D eigenvalue weighted by Crippen LogP contribution is -2.32. The van der Waals surface area contributed by atoms with Gasteiger partial charge in [-0.1, -0.05) is 23.7 Å². The molecule has 0 saturated carbocycles.